The Bertz CT molecular complexity index is 1010. The van der Waals surface area contributed by atoms with Gasteiger partial charge in [0.05, 0.1) is 31.3 Å². The maximum Gasteiger partial charge on any atom is 0.267 e. The molecule has 1 saturated heterocycles. The maximum atomic E-state index is 12.6. The fourth-order valence-corrected chi connectivity index (χ4v) is 3.79. The lowest BCUT2D eigenvalue weighted by atomic mass is 9.97. The number of hydrogen-bond donors (Lipinski definition) is 2. The lowest BCUT2D eigenvalue weighted by molar-refractivity contribution is 0.182. The Morgan fingerprint density at radius 2 is 2.12 bits per heavy atom. The van der Waals surface area contributed by atoms with Gasteiger partial charge < -0.3 is 15.0 Å². The number of aromatic nitrogens is 6. The Kier molecular flexibility index (Phi) is 3.66. The summed E-state index contributed by atoms with van der Waals surface area (Å²) in [5, 5.41) is 8.05. The predicted octanol–water partition coefficient (Wildman–Crippen LogP) is 0.840. The van der Waals surface area contributed by atoms with Gasteiger partial charge in [0.1, 0.15) is 17.9 Å². The largest absolute Gasteiger partial charge is 0.377 e. The summed E-state index contributed by atoms with van der Waals surface area (Å²) < 4.78 is 7.24. The zero-order chi connectivity index (χ0) is 17.5. The van der Waals surface area contributed by atoms with Crippen LogP contribution in [0.25, 0.3) is 11.2 Å². The minimum absolute atomic E-state index is 0.0673. The summed E-state index contributed by atoms with van der Waals surface area (Å²) in [7, 11) is 0. The van der Waals surface area contributed by atoms with Crippen molar-refractivity contribution in [2.45, 2.75) is 37.8 Å². The van der Waals surface area contributed by atoms with Gasteiger partial charge in [-0.3, -0.25) is 4.79 Å². The quantitative estimate of drug-likeness (QED) is 0.718. The van der Waals surface area contributed by atoms with Crippen molar-refractivity contribution in [3.63, 3.8) is 0 Å². The molecule has 3 aromatic heterocycles. The second-order valence-corrected chi connectivity index (χ2v) is 6.79. The van der Waals surface area contributed by atoms with Crippen LogP contribution in [0.4, 0.5) is 5.82 Å². The standard InChI is InChI=1S/C17H19N7O2/c25-14-5-10-3-1-2-4-11(10)23-24(14)13-7-26-6-12(13)22-17-15-16(19-8-18-15)20-9-21-17/h5,8-9,12-13H,1-4,6-7H2,(H2,18,19,20,21,22). The van der Waals surface area contributed by atoms with Gasteiger partial charge in [-0.05, 0) is 31.2 Å². The van der Waals surface area contributed by atoms with Crippen LogP contribution in [0.1, 0.15) is 30.1 Å². The number of ether oxygens (including phenoxy) is 1. The van der Waals surface area contributed by atoms with E-state index >= 15 is 0 Å². The van der Waals surface area contributed by atoms with Gasteiger partial charge >= 0.3 is 0 Å². The second kappa shape index (κ2) is 6.17. The number of nitrogens with zero attached hydrogens (tertiary/aromatic N) is 5. The van der Waals surface area contributed by atoms with Crippen molar-refractivity contribution in [3.8, 4) is 0 Å². The van der Waals surface area contributed by atoms with Crippen molar-refractivity contribution in [2.75, 3.05) is 18.5 Å². The number of H-pyrrole nitrogens is 1. The number of aryl methyl sites for hydroxylation is 2. The van der Waals surface area contributed by atoms with Gasteiger partial charge in [-0.2, -0.15) is 5.10 Å². The Morgan fingerprint density at radius 3 is 3.08 bits per heavy atom. The van der Waals surface area contributed by atoms with E-state index in [4.69, 9.17) is 4.74 Å². The number of rotatable bonds is 3. The van der Waals surface area contributed by atoms with Crippen LogP contribution in [-0.2, 0) is 17.6 Å². The highest BCUT2D eigenvalue weighted by molar-refractivity contribution is 5.82. The van der Waals surface area contributed by atoms with Crippen LogP contribution >= 0.6 is 0 Å². The first kappa shape index (κ1) is 15.4. The number of hydrogen-bond acceptors (Lipinski definition) is 7. The number of anilines is 1. The molecular weight excluding hydrogens is 334 g/mol. The van der Waals surface area contributed by atoms with Crippen LogP contribution in [0.3, 0.4) is 0 Å². The summed E-state index contributed by atoms with van der Waals surface area (Å²) >= 11 is 0. The Morgan fingerprint density at radius 1 is 1.19 bits per heavy atom. The third kappa shape index (κ3) is 2.55. The fourth-order valence-electron chi connectivity index (χ4n) is 3.79. The van der Waals surface area contributed by atoms with Crippen LogP contribution in [-0.4, -0.2) is 49.0 Å². The molecule has 1 fully saturated rings. The van der Waals surface area contributed by atoms with Crippen molar-refractivity contribution < 1.29 is 4.74 Å². The molecule has 0 bridgehead atoms. The van der Waals surface area contributed by atoms with Crippen molar-refractivity contribution in [1.82, 2.24) is 29.7 Å². The van der Waals surface area contributed by atoms with Crippen LogP contribution in [0.15, 0.2) is 23.5 Å². The third-order valence-electron chi connectivity index (χ3n) is 5.14. The van der Waals surface area contributed by atoms with E-state index in [0.29, 0.717) is 24.7 Å². The summed E-state index contributed by atoms with van der Waals surface area (Å²) in [6, 6.07) is 1.46. The monoisotopic (exact) mass is 353 g/mol. The molecule has 3 aromatic rings. The zero-order valence-corrected chi connectivity index (χ0v) is 14.2. The molecule has 0 saturated carbocycles. The molecule has 9 nitrogen and oxygen atoms in total. The van der Waals surface area contributed by atoms with E-state index in [1.165, 1.54) is 6.33 Å². The van der Waals surface area contributed by atoms with Gasteiger partial charge in [0.15, 0.2) is 11.5 Å². The minimum Gasteiger partial charge on any atom is -0.377 e. The highest BCUT2D eigenvalue weighted by atomic mass is 16.5. The van der Waals surface area contributed by atoms with Crippen LogP contribution in [0.5, 0.6) is 0 Å². The van der Waals surface area contributed by atoms with Gasteiger partial charge in [-0.15, -0.1) is 0 Å². The average Bonchev–Trinajstić information content (AvgIpc) is 3.31. The van der Waals surface area contributed by atoms with Crippen LogP contribution < -0.4 is 10.9 Å². The predicted molar refractivity (Wildman–Crippen MR) is 94.1 cm³/mol. The molecule has 9 heteroatoms. The molecule has 2 N–H and O–H groups in total. The van der Waals surface area contributed by atoms with Gasteiger partial charge in [0, 0.05) is 6.07 Å². The molecule has 0 radical (unpaired) electrons. The second-order valence-electron chi connectivity index (χ2n) is 6.79. The summed E-state index contributed by atoms with van der Waals surface area (Å²) in [6.45, 7) is 0.927. The molecule has 1 aliphatic heterocycles. The van der Waals surface area contributed by atoms with E-state index in [1.54, 1.807) is 17.1 Å². The molecule has 0 aromatic carbocycles. The molecule has 0 spiro atoms. The van der Waals surface area contributed by atoms with Gasteiger partial charge in [-0.1, -0.05) is 0 Å². The summed E-state index contributed by atoms with van der Waals surface area (Å²) in [6.07, 6.45) is 7.19. The fraction of sp³-hybridized carbons (Fsp3) is 0.471. The lowest BCUT2D eigenvalue weighted by Gasteiger charge is -2.23. The van der Waals surface area contributed by atoms with E-state index in [-0.39, 0.29) is 17.6 Å². The number of fused-ring (bicyclic) bond motifs is 2. The normalized spacial score (nSPS) is 22.5. The first-order chi connectivity index (χ1) is 12.8. The SMILES string of the molecule is O=c1cc2c(nn1C1COCC1Nc1ncnc3nc[nH]c13)CCCC2. The summed E-state index contributed by atoms with van der Waals surface area (Å²) in [5.74, 6) is 0.652. The molecule has 2 unspecified atom stereocenters. The lowest BCUT2D eigenvalue weighted by Crippen LogP contribution is -2.38. The highest BCUT2D eigenvalue weighted by Gasteiger charge is 2.33. The first-order valence-electron chi connectivity index (χ1n) is 8.89. The summed E-state index contributed by atoms with van der Waals surface area (Å²) in [4.78, 5) is 28.2. The molecule has 4 heterocycles. The molecule has 26 heavy (non-hydrogen) atoms. The van der Waals surface area contributed by atoms with Crippen molar-refractivity contribution in [1.29, 1.82) is 0 Å². The van der Waals surface area contributed by atoms with E-state index in [2.05, 4.69) is 30.4 Å². The molecule has 134 valence electrons. The van der Waals surface area contributed by atoms with Gasteiger partial charge in [0.25, 0.3) is 5.56 Å². The van der Waals surface area contributed by atoms with Gasteiger partial charge in [0.2, 0.25) is 0 Å². The molecule has 5 rings (SSSR count). The smallest absolute Gasteiger partial charge is 0.267 e. The Balaban J connectivity index is 1.48. The number of aromatic amines is 1. The Hall–Kier alpha value is -2.81. The highest BCUT2D eigenvalue weighted by Crippen LogP contribution is 2.25. The topological polar surface area (TPSA) is 111 Å². The molecule has 1 aliphatic carbocycles. The zero-order valence-electron chi connectivity index (χ0n) is 14.2. The van der Waals surface area contributed by atoms with E-state index in [9.17, 15) is 4.79 Å². The average molecular weight is 353 g/mol. The Labute approximate surface area is 148 Å². The molecule has 2 aliphatic rings. The maximum absolute atomic E-state index is 12.6. The van der Waals surface area contributed by atoms with E-state index < -0.39 is 0 Å². The molecule has 2 atom stereocenters. The van der Waals surface area contributed by atoms with Crippen molar-refractivity contribution >= 4 is 17.0 Å². The first-order valence-corrected chi connectivity index (χ1v) is 8.89. The van der Waals surface area contributed by atoms with Crippen LogP contribution in [0.2, 0.25) is 0 Å². The molecular formula is C17H19N7O2. The number of nitrogens with one attached hydrogen (secondary N) is 2. The van der Waals surface area contributed by atoms with E-state index in [0.717, 1.165) is 42.5 Å². The van der Waals surface area contributed by atoms with Gasteiger partial charge in [-0.25, -0.2) is 19.6 Å². The van der Waals surface area contributed by atoms with Crippen molar-refractivity contribution in [2.24, 2.45) is 0 Å². The van der Waals surface area contributed by atoms with Crippen molar-refractivity contribution in [3.05, 3.63) is 40.3 Å². The number of imidazole rings is 1. The minimum atomic E-state index is -0.178. The molecule has 0 amide bonds. The van der Waals surface area contributed by atoms with Crippen LogP contribution in [0, 0.1) is 0 Å². The summed E-state index contributed by atoms with van der Waals surface area (Å²) in [5.41, 5.74) is 3.41. The van der Waals surface area contributed by atoms with E-state index in [1.807, 2.05) is 0 Å². The third-order valence-corrected chi connectivity index (χ3v) is 5.14.